The van der Waals surface area contributed by atoms with Crippen molar-refractivity contribution in [2.75, 3.05) is 11.1 Å². The highest BCUT2D eigenvalue weighted by Gasteiger charge is 2.05. The van der Waals surface area contributed by atoms with Gasteiger partial charge in [0.15, 0.2) is 0 Å². The van der Waals surface area contributed by atoms with Gasteiger partial charge in [0.1, 0.15) is 5.75 Å². The van der Waals surface area contributed by atoms with Crippen LogP contribution in [0.25, 0.3) is 0 Å². The van der Waals surface area contributed by atoms with Crippen molar-refractivity contribution < 1.29 is 14.3 Å². The van der Waals surface area contributed by atoms with Crippen molar-refractivity contribution in [3.05, 3.63) is 60.2 Å². The van der Waals surface area contributed by atoms with Crippen molar-refractivity contribution in [3.8, 4) is 5.75 Å². The number of esters is 1. The van der Waals surface area contributed by atoms with E-state index in [1.54, 1.807) is 36.0 Å². The Kier molecular flexibility index (Phi) is 6.03. The first kappa shape index (κ1) is 16.1. The van der Waals surface area contributed by atoms with Crippen LogP contribution in [0, 0.1) is 0 Å². The molecule has 2 aromatic carbocycles. The Morgan fingerprint density at radius 1 is 1.09 bits per heavy atom. The summed E-state index contributed by atoms with van der Waals surface area (Å²) in [6.45, 7) is 1.34. The van der Waals surface area contributed by atoms with Crippen LogP contribution in [-0.4, -0.2) is 17.6 Å². The largest absolute Gasteiger partial charge is 0.427 e. The van der Waals surface area contributed by atoms with Gasteiger partial charge >= 0.3 is 5.97 Å². The molecular formula is C17H17NO3S. The van der Waals surface area contributed by atoms with E-state index in [1.165, 1.54) is 12.5 Å². The van der Waals surface area contributed by atoms with E-state index in [4.69, 9.17) is 4.74 Å². The molecule has 2 rings (SSSR count). The quantitative estimate of drug-likeness (QED) is 0.655. The second-order valence-electron chi connectivity index (χ2n) is 4.65. The van der Waals surface area contributed by atoms with Gasteiger partial charge in [-0.2, -0.15) is 0 Å². The fraction of sp³-hybridized carbons (Fsp3) is 0.176. The number of amides is 1. The van der Waals surface area contributed by atoms with Crippen molar-refractivity contribution in [2.24, 2.45) is 0 Å². The van der Waals surface area contributed by atoms with E-state index in [2.05, 4.69) is 5.32 Å². The molecule has 4 nitrogen and oxygen atoms in total. The van der Waals surface area contributed by atoms with Crippen LogP contribution in [0.2, 0.25) is 0 Å². The molecule has 0 atom stereocenters. The highest BCUT2D eigenvalue weighted by Crippen LogP contribution is 2.18. The summed E-state index contributed by atoms with van der Waals surface area (Å²) >= 11 is 1.55. The fourth-order valence-corrected chi connectivity index (χ4v) is 2.62. The summed E-state index contributed by atoms with van der Waals surface area (Å²) in [5.74, 6) is 1.11. The molecule has 114 valence electrons. The number of nitrogens with one attached hydrogen (secondary N) is 1. The molecule has 0 aliphatic carbocycles. The zero-order chi connectivity index (χ0) is 15.8. The maximum Gasteiger partial charge on any atom is 0.308 e. The molecule has 1 N–H and O–H groups in total. The summed E-state index contributed by atoms with van der Waals surface area (Å²) < 4.78 is 4.98. The summed E-state index contributed by atoms with van der Waals surface area (Å²) in [4.78, 5) is 22.8. The van der Waals surface area contributed by atoms with Crippen LogP contribution in [0.15, 0.2) is 54.6 Å². The molecule has 0 heterocycles. The monoisotopic (exact) mass is 315 g/mol. The Hall–Kier alpha value is -2.27. The molecule has 0 aliphatic heterocycles. The summed E-state index contributed by atoms with van der Waals surface area (Å²) in [7, 11) is 0. The summed E-state index contributed by atoms with van der Waals surface area (Å²) in [5, 5.41) is 2.79. The predicted octanol–water partition coefficient (Wildman–Crippen LogP) is 3.48. The molecule has 0 saturated carbocycles. The fourth-order valence-electron chi connectivity index (χ4n) is 1.84. The Morgan fingerprint density at radius 2 is 1.86 bits per heavy atom. The minimum absolute atomic E-state index is 0.0825. The average Bonchev–Trinajstić information content (AvgIpc) is 2.48. The second kappa shape index (κ2) is 8.24. The molecule has 22 heavy (non-hydrogen) atoms. The van der Waals surface area contributed by atoms with Crippen LogP contribution in [0.3, 0.4) is 0 Å². The van der Waals surface area contributed by atoms with Crippen LogP contribution < -0.4 is 10.1 Å². The molecule has 0 aliphatic rings. The molecule has 0 bridgehead atoms. The van der Waals surface area contributed by atoms with Gasteiger partial charge in [-0.3, -0.25) is 9.59 Å². The molecule has 0 fully saturated rings. The first-order valence-corrected chi connectivity index (χ1v) is 7.99. The minimum Gasteiger partial charge on any atom is -0.427 e. The zero-order valence-electron chi connectivity index (χ0n) is 12.2. The SMILES string of the molecule is CC(=O)Oc1cccc(NC(=O)CSCc2ccccc2)c1. The van der Waals surface area contributed by atoms with Gasteiger partial charge in [0.25, 0.3) is 0 Å². The number of anilines is 1. The number of rotatable bonds is 6. The second-order valence-corrected chi connectivity index (χ2v) is 5.63. The van der Waals surface area contributed by atoms with Crippen molar-refractivity contribution >= 4 is 29.3 Å². The number of carbonyl (C=O) groups is 2. The van der Waals surface area contributed by atoms with Gasteiger partial charge in [-0.25, -0.2) is 0 Å². The molecule has 0 unspecified atom stereocenters. The Bertz CT molecular complexity index is 643. The average molecular weight is 315 g/mol. The number of thioether (sulfide) groups is 1. The van der Waals surface area contributed by atoms with E-state index in [0.29, 0.717) is 17.2 Å². The Morgan fingerprint density at radius 3 is 2.59 bits per heavy atom. The van der Waals surface area contributed by atoms with E-state index < -0.39 is 0 Å². The van der Waals surface area contributed by atoms with Crippen LogP contribution in [-0.2, 0) is 15.3 Å². The number of hydrogen-bond acceptors (Lipinski definition) is 4. The molecule has 2 aromatic rings. The Balaban J connectivity index is 1.80. The first-order chi connectivity index (χ1) is 10.6. The lowest BCUT2D eigenvalue weighted by Crippen LogP contribution is -2.14. The summed E-state index contributed by atoms with van der Waals surface area (Å²) in [5.41, 5.74) is 1.81. The molecule has 0 saturated heterocycles. The van der Waals surface area contributed by atoms with Crippen LogP contribution in [0.4, 0.5) is 5.69 Å². The van der Waals surface area contributed by atoms with Gasteiger partial charge in [-0.15, -0.1) is 11.8 Å². The third-order valence-electron chi connectivity index (χ3n) is 2.72. The lowest BCUT2D eigenvalue weighted by atomic mass is 10.2. The normalized spacial score (nSPS) is 10.0. The van der Waals surface area contributed by atoms with Crippen molar-refractivity contribution in [3.63, 3.8) is 0 Å². The molecule has 5 heteroatoms. The highest BCUT2D eigenvalue weighted by molar-refractivity contribution is 7.99. The van der Waals surface area contributed by atoms with Crippen LogP contribution in [0.1, 0.15) is 12.5 Å². The molecule has 0 aromatic heterocycles. The maximum absolute atomic E-state index is 11.9. The summed E-state index contributed by atoms with van der Waals surface area (Å²) in [6, 6.07) is 16.8. The van der Waals surface area contributed by atoms with Crippen LogP contribution in [0.5, 0.6) is 5.75 Å². The van der Waals surface area contributed by atoms with Gasteiger partial charge < -0.3 is 10.1 Å². The predicted molar refractivity (Wildman–Crippen MR) is 89.0 cm³/mol. The highest BCUT2D eigenvalue weighted by atomic mass is 32.2. The van der Waals surface area contributed by atoms with Crippen molar-refractivity contribution in [1.29, 1.82) is 0 Å². The van der Waals surface area contributed by atoms with Crippen LogP contribution >= 0.6 is 11.8 Å². The third kappa shape index (κ3) is 5.61. The zero-order valence-corrected chi connectivity index (χ0v) is 13.1. The van der Waals surface area contributed by atoms with Gasteiger partial charge in [0.2, 0.25) is 5.91 Å². The summed E-state index contributed by atoms with van der Waals surface area (Å²) in [6.07, 6.45) is 0. The van der Waals surface area contributed by atoms with E-state index in [-0.39, 0.29) is 11.9 Å². The standard InChI is InChI=1S/C17H17NO3S/c1-13(19)21-16-9-5-8-15(10-16)18-17(20)12-22-11-14-6-3-2-4-7-14/h2-10H,11-12H2,1H3,(H,18,20). The van der Waals surface area contributed by atoms with Crippen molar-refractivity contribution in [2.45, 2.75) is 12.7 Å². The number of ether oxygens (including phenoxy) is 1. The van der Waals surface area contributed by atoms with E-state index in [1.807, 2.05) is 30.3 Å². The molecule has 1 amide bonds. The van der Waals surface area contributed by atoms with E-state index >= 15 is 0 Å². The van der Waals surface area contributed by atoms with E-state index in [0.717, 1.165) is 5.75 Å². The van der Waals surface area contributed by atoms with E-state index in [9.17, 15) is 9.59 Å². The van der Waals surface area contributed by atoms with Crippen molar-refractivity contribution in [1.82, 2.24) is 0 Å². The smallest absolute Gasteiger partial charge is 0.308 e. The lowest BCUT2D eigenvalue weighted by Gasteiger charge is -2.07. The van der Waals surface area contributed by atoms with Gasteiger partial charge in [0, 0.05) is 24.4 Å². The van der Waals surface area contributed by atoms with Gasteiger partial charge in [0.05, 0.1) is 5.75 Å². The topological polar surface area (TPSA) is 55.4 Å². The molecular weight excluding hydrogens is 298 g/mol. The number of hydrogen-bond donors (Lipinski definition) is 1. The Labute approximate surface area is 133 Å². The number of benzene rings is 2. The van der Waals surface area contributed by atoms with Gasteiger partial charge in [-0.1, -0.05) is 36.4 Å². The molecule has 0 radical (unpaired) electrons. The maximum atomic E-state index is 11.9. The molecule has 0 spiro atoms. The lowest BCUT2D eigenvalue weighted by molar-refractivity contribution is -0.131. The number of carbonyl (C=O) groups excluding carboxylic acids is 2. The third-order valence-corrected chi connectivity index (χ3v) is 3.73. The first-order valence-electron chi connectivity index (χ1n) is 6.83. The minimum atomic E-state index is -0.387. The van der Waals surface area contributed by atoms with Gasteiger partial charge in [-0.05, 0) is 17.7 Å².